The molecule has 0 spiro atoms. The number of carbonyl (C=O) groups is 1. The number of carbonyl (C=O) groups excluding carboxylic acids is 1. The molecule has 0 amide bonds. The van der Waals surface area contributed by atoms with Crippen molar-refractivity contribution < 1.29 is 19.3 Å². The summed E-state index contributed by atoms with van der Waals surface area (Å²) in [5.74, 6) is -0.704. The van der Waals surface area contributed by atoms with Crippen LogP contribution in [-0.2, 0) is 9.08 Å². The van der Waals surface area contributed by atoms with E-state index in [0.717, 1.165) is 0 Å². The lowest BCUT2D eigenvalue weighted by atomic mass is 9.99. The third-order valence-electron chi connectivity index (χ3n) is 1.26. The Morgan fingerprint density at radius 1 is 1.73 bits per heavy atom. The summed E-state index contributed by atoms with van der Waals surface area (Å²) in [4.78, 5) is 10.5. The first-order chi connectivity index (χ1) is 5.02. The zero-order valence-electron chi connectivity index (χ0n) is 6.21. The van der Waals surface area contributed by atoms with Crippen molar-refractivity contribution in [2.24, 2.45) is 0 Å². The Labute approximate surface area is 69.9 Å². The Morgan fingerprint density at radius 2 is 2.27 bits per heavy atom. The van der Waals surface area contributed by atoms with Gasteiger partial charge in [0.05, 0.1) is 12.0 Å². The Kier molecular flexibility index (Phi) is 4.40. The van der Waals surface area contributed by atoms with E-state index in [-0.39, 0.29) is 19.4 Å². The van der Waals surface area contributed by atoms with Gasteiger partial charge in [-0.25, -0.2) is 0 Å². The molecule has 0 saturated carbocycles. The molecule has 11 heavy (non-hydrogen) atoms. The van der Waals surface area contributed by atoms with E-state index in [1.807, 2.05) is 0 Å². The van der Waals surface area contributed by atoms with Gasteiger partial charge in [-0.15, -0.1) is 0 Å². The number of aliphatic hydroxyl groups excluding tert-OH is 1. The normalized spacial score (nSPS) is 15.6. The van der Waals surface area contributed by atoms with Crippen LogP contribution in [0.5, 0.6) is 0 Å². The molecule has 0 aliphatic heterocycles. The number of halogens is 1. The highest BCUT2D eigenvalue weighted by Gasteiger charge is 2.24. The van der Waals surface area contributed by atoms with Gasteiger partial charge >= 0.3 is 5.97 Å². The lowest BCUT2D eigenvalue weighted by molar-refractivity contribution is -0.139. The summed E-state index contributed by atoms with van der Waals surface area (Å²) in [6, 6.07) is 0. The second-order valence-corrected chi connectivity index (χ2v) is 2.75. The maximum atomic E-state index is 10.5. The van der Waals surface area contributed by atoms with E-state index in [1.165, 1.54) is 6.92 Å². The summed E-state index contributed by atoms with van der Waals surface area (Å²) < 4.78 is 3.82. The number of aliphatic hydroxyl groups is 2. The van der Waals surface area contributed by atoms with E-state index in [2.05, 4.69) is 4.29 Å². The van der Waals surface area contributed by atoms with Gasteiger partial charge in [-0.05, 0) is 13.3 Å². The van der Waals surface area contributed by atoms with E-state index in [4.69, 9.17) is 17.0 Å². The van der Waals surface area contributed by atoms with Crippen molar-refractivity contribution in [3.63, 3.8) is 0 Å². The Balaban J connectivity index is 3.80. The van der Waals surface area contributed by atoms with E-state index < -0.39 is 11.6 Å². The van der Waals surface area contributed by atoms with Gasteiger partial charge in [0.25, 0.3) is 0 Å². The van der Waals surface area contributed by atoms with Gasteiger partial charge in [0.2, 0.25) is 0 Å². The van der Waals surface area contributed by atoms with Gasteiger partial charge in [-0.3, -0.25) is 4.79 Å². The molecule has 0 saturated heterocycles. The number of hydrogen-bond acceptors (Lipinski definition) is 4. The third kappa shape index (κ3) is 5.01. The van der Waals surface area contributed by atoms with Crippen molar-refractivity contribution >= 4 is 17.8 Å². The standard InChI is InChI=1S/C6H11ClO4/c1-6(10,2-3-8)4-5(9)11-7/h8,10H,2-4H2,1H3/t6-/m1/s1. The highest BCUT2D eigenvalue weighted by Crippen LogP contribution is 2.14. The zero-order valence-corrected chi connectivity index (χ0v) is 6.97. The lowest BCUT2D eigenvalue weighted by Gasteiger charge is -2.19. The summed E-state index contributed by atoms with van der Waals surface area (Å²) in [7, 11) is 0. The quantitative estimate of drug-likeness (QED) is 0.652. The van der Waals surface area contributed by atoms with Crippen LogP contribution in [0.3, 0.4) is 0 Å². The molecule has 0 rings (SSSR count). The van der Waals surface area contributed by atoms with Crippen LogP contribution in [0.1, 0.15) is 19.8 Å². The number of rotatable bonds is 4. The van der Waals surface area contributed by atoms with Gasteiger partial charge in [0.15, 0.2) is 0 Å². The van der Waals surface area contributed by atoms with Crippen LogP contribution >= 0.6 is 11.9 Å². The average molecular weight is 183 g/mol. The zero-order chi connectivity index (χ0) is 8.91. The molecular formula is C6H11ClO4. The van der Waals surface area contributed by atoms with Gasteiger partial charge in [-0.2, -0.15) is 0 Å². The molecular weight excluding hydrogens is 172 g/mol. The van der Waals surface area contributed by atoms with Crippen LogP contribution in [0, 0.1) is 0 Å². The first-order valence-corrected chi connectivity index (χ1v) is 3.47. The summed E-state index contributed by atoms with van der Waals surface area (Å²) >= 11 is 4.74. The summed E-state index contributed by atoms with van der Waals surface area (Å²) in [5.41, 5.74) is -1.24. The topological polar surface area (TPSA) is 66.8 Å². The second kappa shape index (κ2) is 4.54. The third-order valence-corrected chi connectivity index (χ3v) is 1.43. The summed E-state index contributed by atoms with van der Waals surface area (Å²) in [5, 5.41) is 17.7. The molecule has 5 heteroatoms. The Morgan fingerprint density at radius 3 is 2.64 bits per heavy atom. The highest BCUT2D eigenvalue weighted by molar-refractivity contribution is 6.13. The average Bonchev–Trinajstić information content (AvgIpc) is 1.86. The lowest BCUT2D eigenvalue weighted by Crippen LogP contribution is -2.29. The molecule has 0 aliphatic carbocycles. The van der Waals surface area contributed by atoms with E-state index >= 15 is 0 Å². The van der Waals surface area contributed by atoms with Crippen molar-refractivity contribution in [3.8, 4) is 0 Å². The predicted molar refractivity (Wildman–Crippen MR) is 38.9 cm³/mol. The summed E-state index contributed by atoms with van der Waals surface area (Å²) in [6.45, 7) is 1.25. The highest BCUT2D eigenvalue weighted by atomic mass is 35.5. The van der Waals surface area contributed by atoms with E-state index in [9.17, 15) is 9.90 Å². The van der Waals surface area contributed by atoms with Crippen molar-refractivity contribution in [1.29, 1.82) is 0 Å². The largest absolute Gasteiger partial charge is 0.396 e. The molecule has 1 atom stereocenters. The van der Waals surface area contributed by atoms with Crippen LogP contribution in [0.15, 0.2) is 0 Å². The molecule has 0 heterocycles. The molecule has 0 fully saturated rings. The van der Waals surface area contributed by atoms with Gasteiger partial charge in [-0.1, -0.05) is 0 Å². The van der Waals surface area contributed by atoms with Crippen LogP contribution in [0.2, 0.25) is 0 Å². The van der Waals surface area contributed by atoms with Crippen LogP contribution < -0.4 is 0 Å². The monoisotopic (exact) mass is 182 g/mol. The molecule has 0 unspecified atom stereocenters. The van der Waals surface area contributed by atoms with Gasteiger partial charge in [0, 0.05) is 6.61 Å². The fourth-order valence-corrected chi connectivity index (χ4v) is 0.722. The van der Waals surface area contributed by atoms with E-state index in [0.29, 0.717) is 0 Å². The Bertz CT molecular complexity index is 135. The first kappa shape index (κ1) is 10.7. The van der Waals surface area contributed by atoms with Gasteiger partial charge < -0.3 is 14.5 Å². The maximum absolute atomic E-state index is 10.5. The molecule has 66 valence electrons. The van der Waals surface area contributed by atoms with Crippen molar-refractivity contribution in [2.75, 3.05) is 6.61 Å². The van der Waals surface area contributed by atoms with Crippen molar-refractivity contribution in [1.82, 2.24) is 0 Å². The van der Waals surface area contributed by atoms with Crippen molar-refractivity contribution in [2.45, 2.75) is 25.4 Å². The SMILES string of the molecule is C[C@@](O)(CCO)CC(=O)OCl. The minimum absolute atomic E-state index is 0.124. The molecule has 0 aromatic carbocycles. The molecule has 0 aromatic heterocycles. The molecule has 2 N–H and O–H groups in total. The van der Waals surface area contributed by atoms with Crippen LogP contribution in [0.4, 0.5) is 0 Å². The molecule has 0 aliphatic rings. The molecule has 4 nitrogen and oxygen atoms in total. The molecule has 0 bridgehead atoms. The Hall–Kier alpha value is -0.320. The first-order valence-electron chi connectivity index (χ1n) is 3.16. The smallest absolute Gasteiger partial charge is 0.327 e. The minimum Gasteiger partial charge on any atom is -0.396 e. The summed E-state index contributed by atoms with van der Waals surface area (Å²) in [6.07, 6.45) is -0.0873. The fraction of sp³-hybridized carbons (Fsp3) is 0.833. The van der Waals surface area contributed by atoms with Crippen molar-refractivity contribution in [3.05, 3.63) is 0 Å². The minimum atomic E-state index is -1.24. The van der Waals surface area contributed by atoms with E-state index in [1.54, 1.807) is 0 Å². The van der Waals surface area contributed by atoms with Gasteiger partial charge in [0.1, 0.15) is 11.9 Å². The van der Waals surface area contributed by atoms with Crippen LogP contribution in [-0.4, -0.2) is 28.4 Å². The fourth-order valence-electron chi connectivity index (χ4n) is 0.667. The predicted octanol–water partition coefficient (Wildman–Crippen LogP) is 0.207. The second-order valence-electron chi connectivity index (χ2n) is 2.60. The maximum Gasteiger partial charge on any atom is 0.327 e. The molecule has 0 aromatic rings. The van der Waals surface area contributed by atoms with Crippen LogP contribution in [0.25, 0.3) is 0 Å². The molecule has 0 radical (unpaired) electrons. The number of hydrogen-bond donors (Lipinski definition) is 2.